The first kappa shape index (κ1) is 10.9. The molecule has 0 spiro atoms. The molecule has 3 rings (SSSR count). The molecule has 0 saturated heterocycles. The van der Waals surface area contributed by atoms with Crippen LogP contribution in [0.1, 0.15) is 17.4 Å². The first-order valence-electron chi connectivity index (χ1n) is 5.32. The lowest BCUT2D eigenvalue weighted by atomic mass is 10.2. The molecule has 6 heteroatoms. The summed E-state index contributed by atoms with van der Waals surface area (Å²) in [5, 5.41) is 2.51. The fourth-order valence-electron chi connectivity index (χ4n) is 1.73. The molecule has 0 saturated carbocycles. The molecule has 0 aliphatic rings. The number of carbonyl (C=O) groups is 1. The van der Waals surface area contributed by atoms with E-state index in [0.717, 1.165) is 21.6 Å². The van der Waals surface area contributed by atoms with Gasteiger partial charge in [-0.3, -0.25) is 4.79 Å². The number of fused-ring (bicyclic) bond motifs is 1. The molecular weight excluding hydrogens is 250 g/mol. The molecule has 0 bridgehead atoms. The second-order valence-corrected chi connectivity index (χ2v) is 4.79. The highest BCUT2D eigenvalue weighted by Crippen LogP contribution is 2.25. The van der Waals surface area contributed by atoms with Gasteiger partial charge >= 0.3 is 5.69 Å². The van der Waals surface area contributed by atoms with Crippen LogP contribution in [0.25, 0.3) is 21.6 Å². The Labute approximate surface area is 106 Å². The molecule has 0 aliphatic carbocycles. The van der Waals surface area contributed by atoms with Crippen LogP contribution in [0.2, 0.25) is 0 Å². The summed E-state index contributed by atoms with van der Waals surface area (Å²) in [4.78, 5) is 32.0. The zero-order valence-corrected chi connectivity index (χ0v) is 10.3. The van der Waals surface area contributed by atoms with Gasteiger partial charge in [0.05, 0.1) is 11.0 Å². The molecule has 0 amide bonds. The molecule has 0 atom stereocenters. The number of nitrogens with one attached hydrogen (secondary N) is 2. The predicted molar refractivity (Wildman–Crippen MR) is 70.0 cm³/mol. The Bertz CT molecular complexity index is 797. The van der Waals surface area contributed by atoms with Gasteiger partial charge in [0, 0.05) is 17.9 Å². The van der Waals surface area contributed by atoms with Gasteiger partial charge in [0.1, 0.15) is 10.7 Å². The number of ketones is 1. The van der Waals surface area contributed by atoms with Gasteiger partial charge in [-0.15, -0.1) is 11.3 Å². The monoisotopic (exact) mass is 259 g/mol. The van der Waals surface area contributed by atoms with E-state index in [0.29, 0.717) is 5.69 Å². The second-order valence-electron chi connectivity index (χ2n) is 3.93. The predicted octanol–water partition coefficient (Wildman–Crippen LogP) is 2.18. The van der Waals surface area contributed by atoms with Crippen molar-refractivity contribution in [2.24, 2.45) is 0 Å². The normalized spacial score (nSPS) is 10.9. The van der Waals surface area contributed by atoms with Crippen LogP contribution >= 0.6 is 11.3 Å². The lowest BCUT2D eigenvalue weighted by Crippen LogP contribution is -1.99. The number of hydrogen-bond acceptors (Lipinski definition) is 4. The van der Waals surface area contributed by atoms with E-state index in [4.69, 9.17) is 0 Å². The van der Waals surface area contributed by atoms with Crippen LogP contribution in [0.15, 0.2) is 28.4 Å². The third-order valence-corrected chi connectivity index (χ3v) is 3.52. The maximum Gasteiger partial charge on any atom is 0.323 e. The third kappa shape index (κ3) is 1.76. The highest BCUT2D eigenvalue weighted by Gasteiger charge is 2.09. The van der Waals surface area contributed by atoms with Gasteiger partial charge < -0.3 is 9.97 Å². The molecule has 2 heterocycles. The van der Waals surface area contributed by atoms with Gasteiger partial charge in [-0.25, -0.2) is 9.78 Å². The van der Waals surface area contributed by atoms with Crippen molar-refractivity contribution < 1.29 is 4.79 Å². The van der Waals surface area contributed by atoms with Crippen molar-refractivity contribution in [3.63, 3.8) is 0 Å². The Morgan fingerprint density at radius 3 is 2.78 bits per heavy atom. The van der Waals surface area contributed by atoms with E-state index < -0.39 is 0 Å². The second kappa shape index (κ2) is 3.92. The van der Waals surface area contributed by atoms with E-state index in [-0.39, 0.29) is 11.5 Å². The summed E-state index contributed by atoms with van der Waals surface area (Å²) in [5.41, 5.74) is 2.61. The zero-order chi connectivity index (χ0) is 12.7. The van der Waals surface area contributed by atoms with E-state index >= 15 is 0 Å². The average molecular weight is 259 g/mol. The number of imidazole rings is 1. The van der Waals surface area contributed by atoms with Crippen LogP contribution in [0.5, 0.6) is 0 Å². The Balaban J connectivity index is 2.12. The van der Waals surface area contributed by atoms with Crippen molar-refractivity contribution in [3.05, 3.63) is 39.8 Å². The van der Waals surface area contributed by atoms with E-state index in [1.165, 1.54) is 18.3 Å². The summed E-state index contributed by atoms with van der Waals surface area (Å²) in [6.07, 6.45) is 0. The van der Waals surface area contributed by atoms with Gasteiger partial charge in [-0.2, -0.15) is 0 Å². The van der Waals surface area contributed by atoms with Crippen molar-refractivity contribution in [2.45, 2.75) is 6.92 Å². The molecule has 18 heavy (non-hydrogen) atoms. The fourth-order valence-corrected chi connectivity index (χ4v) is 2.59. The van der Waals surface area contributed by atoms with E-state index in [9.17, 15) is 9.59 Å². The van der Waals surface area contributed by atoms with E-state index in [1.807, 2.05) is 18.2 Å². The molecule has 3 aromatic rings. The molecule has 1 aromatic carbocycles. The number of benzene rings is 1. The van der Waals surface area contributed by atoms with Crippen LogP contribution in [0.4, 0.5) is 0 Å². The standard InChI is InChI=1S/C12H9N3O2S/c1-6(16)10-5-18-11(13-10)7-2-3-8-9(4-7)15-12(17)14-8/h2-5H,1H3,(H2,14,15,17). The minimum absolute atomic E-state index is 0.0476. The highest BCUT2D eigenvalue weighted by molar-refractivity contribution is 7.13. The van der Waals surface area contributed by atoms with Crippen LogP contribution in [-0.2, 0) is 0 Å². The first-order chi connectivity index (χ1) is 8.63. The number of nitrogens with zero attached hydrogens (tertiary/aromatic N) is 1. The summed E-state index contributed by atoms with van der Waals surface area (Å²) in [6, 6.07) is 5.53. The maximum atomic E-state index is 11.2. The van der Waals surface area contributed by atoms with Gasteiger partial charge in [0.15, 0.2) is 5.78 Å². The van der Waals surface area contributed by atoms with Crippen LogP contribution in [0, 0.1) is 0 Å². The smallest absolute Gasteiger partial charge is 0.306 e. The SMILES string of the molecule is CC(=O)c1csc(-c2ccc3[nH]c(=O)[nH]c3c2)n1. The molecule has 5 nitrogen and oxygen atoms in total. The number of hydrogen-bond donors (Lipinski definition) is 2. The highest BCUT2D eigenvalue weighted by atomic mass is 32.1. The maximum absolute atomic E-state index is 11.2. The Morgan fingerprint density at radius 2 is 2.06 bits per heavy atom. The van der Waals surface area contributed by atoms with Crippen molar-refractivity contribution in [2.75, 3.05) is 0 Å². The van der Waals surface area contributed by atoms with E-state index in [2.05, 4.69) is 15.0 Å². The lowest BCUT2D eigenvalue weighted by molar-refractivity contribution is 0.101. The van der Waals surface area contributed by atoms with Crippen LogP contribution in [0.3, 0.4) is 0 Å². The molecule has 2 aromatic heterocycles. The zero-order valence-electron chi connectivity index (χ0n) is 9.48. The average Bonchev–Trinajstić information content (AvgIpc) is 2.91. The van der Waals surface area contributed by atoms with Crippen molar-refractivity contribution >= 4 is 28.2 Å². The molecule has 0 fully saturated rings. The summed E-state index contributed by atoms with van der Waals surface area (Å²) in [7, 11) is 0. The van der Waals surface area contributed by atoms with Crippen molar-refractivity contribution in [3.8, 4) is 10.6 Å². The summed E-state index contributed by atoms with van der Waals surface area (Å²) >= 11 is 1.41. The largest absolute Gasteiger partial charge is 0.323 e. The van der Waals surface area contributed by atoms with Gasteiger partial charge in [-0.1, -0.05) is 0 Å². The minimum atomic E-state index is -0.231. The number of aromatic amines is 2. The molecule has 0 radical (unpaired) electrons. The molecule has 90 valence electrons. The molecule has 0 unspecified atom stereocenters. The van der Waals surface area contributed by atoms with Gasteiger partial charge in [0.2, 0.25) is 0 Å². The minimum Gasteiger partial charge on any atom is -0.306 e. The number of Topliss-reactive ketones (excluding diaryl/α,β-unsaturated/α-hetero) is 1. The first-order valence-corrected chi connectivity index (χ1v) is 6.20. The van der Waals surface area contributed by atoms with Crippen LogP contribution < -0.4 is 5.69 Å². The Morgan fingerprint density at radius 1 is 1.28 bits per heavy atom. The number of carbonyl (C=O) groups excluding carboxylic acids is 1. The topological polar surface area (TPSA) is 78.6 Å². The number of thiazole rings is 1. The quantitative estimate of drug-likeness (QED) is 0.692. The van der Waals surface area contributed by atoms with Gasteiger partial charge in [-0.05, 0) is 18.2 Å². The molecular formula is C12H9N3O2S. The van der Waals surface area contributed by atoms with Crippen molar-refractivity contribution in [1.29, 1.82) is 0 Å². The van der Waals surface area contributed by atoms with Crippen LogP contribution in [-0.4, -0.2) is 20.7 Å². The summed E-state index contributed by atoms with van der Waals surface area (Å²) in [5.74, 6) is -0.0476. The summed E-state index contributed by atoms with van der Waals surface area (Å²) in [6.45, 7) is 1.49. The lowest BCUT2D eigenvalue weighted by Gasteiger charge is -1.95. The Hall–Kier alpha value is -2.21. The molecule has 0 aliphatic heterocycles. The number of rotatable bonds is 2. The fraction of sp³-hybridized carbons (Fsp3) is 0.0833. The van der Waals surface area contributed by atoms with E-state index in [1.54, 1.807) is 5.38 Å². The number of H-pyrrole nitrogens is 2. The number of aromatic nitrogens is 3. The molecule has 2 N–H and O–H groups in total. The van der Waals surface area contributed by atoms with Crippen molar-refractivity contribution in [1.82, 2.24) is 15.0 Å². The third-order valence-electron chi connectivity index (χ3n) is 2.63. The Kier molecular flexibility index (Phi) is 2.38. The summed E-state index contributed by atoms with van der Waals surface area (Å²) < 4.78 is 0. The van der Waals surface area contributed by atoms with Gasteiger partial charge in [0.25, 0.3) is 0 Å².